The molecule has 0 aliphatic rings. The number of amides is 1. The summed E-state index contributed by atoms with van der Waals surface area (Å²) in [6.07, 6.45) is 2.03. The van der Waals surface area contributed by atoms with Crippen molar-refractivity contribution in [1.29, 1.82) is 0 Å². The van der Waals surface area contributed by atoms with Crippen molar-refractivity contribution in [3.8, 4) is 5.75 Å². The predicted octanol–water partition coefficient (Wildman–Crippen LogP) is 1.65. The Kier molecular flexibility index (Phi) is 6.36. The number of methoxy groups -OCH3 is 1. The van der Waals surface area contributed by atoms with Crippen molar-refractivity contribution in [3.63, 3.8) is 0 Å². The second-order valence-electron chi connectivity index (χ2n) is 4.51. The van der Waals surface area contributed by atoms with Crippen molar-refractivity contribution in [3.05, 3.63) is 29.3 Å². The SMILES string of the molecule is COc1ccc(C)cc1C(=O)NCCCCC(N)=NO. The number of carbonyl (C=O) groups excluding carboxylic acids is 1. The number of oxime groups is 1. The van der Waals surface area contributed by atoms with Crippen LogP contribution in [0.25, 0.3) is 0 Å². The minimum absolute atomic E-state index is 0.158. The van der Waals surface area contributed by atoms with E-state index in [9.17, 15) is 4.79 Å². The minimum atomic E-state index is -0.158. The van der Waals surface area contributed by atoms with Crippen LogP contribution >= 0.6 is 0 Å². The molecule has 0 bridgehead atoms. The van der Waals surface area contributed by atoms with Gasteiger partial charge in [0.2, 0.25) is 0 Å². The van der Waals surface area contributed by atoms with Gasteiger partial charge in [0.25, 0.3) is 5.91 Å². The number of hydrogen-bond acceptors (Lipinski definition) is 4. The number of nitrogens with one attached hydrogen (secondary N) is 1. The van der Waals surface area contributed by atoms with Crippen molar-refractivity contribution in [2.24, 2.45) is 10.9 Å². The summed E-state index contributed by atoms with van der Waals surface area (Å²) in [6, 6.07) is 5.47. The second-order valence-corrected chi connectivity index (χ2v) is 4.51. The summed E-state index contributed by atoms with van der Waals surface area (Å²) in [6.45, 7) is 2.46. The van der Waals surface area contributed by atoms with Gasteiger partial charge in [-0.2, -0.15) is 0 Å². The van der Waals surface area contributed by atoms with Gasteiger partial charge in [0, 0.05) is 13.0 Å². The number of rotatable bonds is 7. The van der Waals surface area contributed by atoms with Gasteiger partial charge in [0.1, 0.15) is 11.6 Å². The lowest BCUT2D eigenvalue weighted by molar-refractivity contribution is 0.0950. The molecule has 0 aromatic heterocycles. The van der Waals surface area contributed by atoms with E-state index in [0.29, 0.717) is 24.3 Å². The fourth-order valence-electron chi connectivity index (χ4n) is 1.78. The Labute approximate surface area is 118 Å². The average Bonchev–Trinajstić information content (AvgIpc) is 2.46. The number of benzene rings is 1. The first-order valence-electron chi connectivity index (χ1n) is 6.47. The summed E-state index contributed by atoms with van der Waals surface area (Å²) in [4.78, 5) is 12.1. The third kappa shape index (κ3) is 4.79. The molecule has 1 aromatic rings. The molecule has 6 nitrogen and oxygen atoms in total. The topological polar surface area (TPSA) is 96.9 Å². The van der Waals surface area contributed by atoms with Crippen LogP contribution in [0.4, 0.5) is 0 Å². The lowest BCUT2D eigenvalue weighted by Crippen LogP contribution is -2.25. The second kappa shape index (κ2) is 8.04. The maximum Gasteiger partial charge on any atom is 0.255 e. The smallest absolute Gasteiger partial charge is 0.255 e. The summed E-state index contributed by atoms with van der Waals surface area (Å²) in [5.74, 6) is 0.607. The normalized spacial score (nSPS) is 11.2. The molecule has 4 N–H and O–H groups in total. The van der Waals surface area contributed by atoms with Crippen LogP contribution in [0.5, 0.6) is 5.75 Å². The van der Waals surface area contributed by atoms with Crippen LogP contribution in [0.1, 0.15) is 35.2 Å². The van der Waals surface area contributed by atoms with Crippen molar-refractivity contribution in [2.75, 3.05) is 13.7 Å². The number of carbonyl (C=O) groups is 1. The van der Waals surface area contributed by atoms with Crippen molar-refractivity contribution >= 4 is 11.7 Å². The molecule has 0 radical (unpaired) electrons. The molecule has 0 saturated carbocycles. The van der Waals surface area contributed by atoms with Crippen molar-refractivity contribution < 1.29 is 14.7 Å². The maximum absolute atomic E-state index is 12.1. The highest BCUT2D eigenvalue weighted by Crippen LogP contribution is 2.19. The van der Waals surface area contributed by atoms with Gasteiger partial charge < -0.3 is 21.0 Å². The molecule has 0 saturated heterocycles. The Bertz CT molecular complexity index is 487. The fraction of sp³-hybridized carbons (Fsp3) is 0.429. The Hall–Kier alpha value is -2.24. The van der Waals surface area contributed by atoms with Gasteiger partial charge in [0.15, 0.2) is 0 Å². The Morgan fingerprint density at radius 3 is 2.85 bits per heavy atom. The zero-order chi connectivity index (χ0) is 15.0. The van der Waals surface area contributed by atoms with Gasteiger partial charge in [0.05, 0.1) is 12.7 Å². The minimum Gasteiger partial charge on any atom is -0.496 e. The standard InChI is InChI=1S/C14H21N3O3/c1-10-6-7-12(20-2)11(9-10)14(18)16-8-4-3-5-13(15)17-19/h6-7,9,19H,3-5,8H2,1-2H3,(H2,15,17)(H,16,18). The molecule has 1 aromatic carbocycles. The van der Waals surface area contributed by atoms with E-state index in [4.69, 9.17) is 15.7 Å². The van der Waals surface area contributed by atoms with E-state index in [1.807, 2.05) is 13.0 Å². The molecule has 0 fully saturated rings. The molecule has 1 amide bonds. The van der Waals surface area contributed by atoms with Crippen LogP contribution in [-0.4, -0.2) is 30.6 Å². The summed E-state index contributed by atoms with van der Waals surface area (Å²) >= 11 is 0. The molecule has 0 atom stereocenters. The number of unbranched alkanes of at least 4 members (excludes halogenated alkanes) is 1. The van der Waals surface area contributed by atoms with E-state index in [0.717, 1.165) is 18.4 Å². The third-order valence-corrected chi connectivity index (χ3v) is 2.87. The van der Waals surface area contributed by atoms with Crippen LogP contribution < -0.4 is 15.8 Å². The number of hydrogen-bond donors (Lipinski definition) is 3. The Morgan fingerprint density at radius 1 is 1.45 bits per heavy atom. The average molecular weight is 279 g/mol. The molecule has 0 aliphatic heterocycles. The lowest BCUT2D eigenvalue weighted by atomic mass is 10.1. The quantitative estimate of drug-likeness (QED) is 0.232. The van der Waals surface area contributed by atoms with Crippen molar-refractivity contribution in [1.82, 2.24) is 5.32 Å². The number of nitrogens with two attached hydrogens (primary N) is 1. The number of nitrogens with zero attached hydrogens (tertiary/aromatic N) is 1. The van der Waals surface area contributed by atoms with Crippen LogP contribution in [0.3, 0.4) is 0 Å². The number of ether oxygens (including phenoxy) is 1. The third-order valence-electron chi connectivity index (χ3n) is 2.87. The van der Waals surface area contributed by atoms with E-state index >= 15 is 0 Å². The van der Waals surface area contributed by atoms with Crippen LogP contribution in [0.15, 0.2) is 23.4 Å². The van der Waals surface area contributed by atoms with Gasteiger partial charge in [-0.1, -0.05) is 16.8 Å². The zero-order valence-electron chi connectivity index (χ0n) is 11.8. The van der Waals surface area contributed by atoms with Gasteiger partial charge in [-0.15, -0.1) is 0 Å². The molecule has 0 unspecified atom stereocenters. The highest BCUT2D eigenvalue weighted by molar-refractivity contribution is 5.97. The molecular formula is C14H21N3O3. The zero-order valence-corrected chi connectivity index (χ0v) is 11.8. The van der Waals surface area contributed by atoms with E-state index in [1.165, 1.54) is 0 Å². The first kappa shape index (κ1) is 15.8. The van der Waals surface area contributed by atoms with E-state index in [-0.39, 0.29) is 11.7 Å². The largest absolute Gasteiger partial charge is 0.496 e. The predicted molar refractivity (Wildman–Crippen MR) is 77.3 cm³/mol. The van der Waals surface area contributed by atoms with E-state index < -0.39 is 0 Å². The molecule has 0 heterocycles. The Morgan fingerprint density at radius 2 is 2.20 bits per heavy atom. The molecular weight excluding hydrogens is 258 g/mol. The first-order chi connectivity index (χ1) is 9.58. The number of amidine groups is 1. The molecule has 20 heavy (non-hydrogen) atoms. The monoisotopic (exact) mass is 279 g/mol. The Balaban J connectivity index is 2.45. The molecule has 6 heteroatoms. The summed E-state index contributed by atoms with van der Waals surface area (Å²) < 4.78 is 5.17. The molecule has 0 aliphatic carbocycles. The number of aryl methyl sites for hydroxylation is 1. The molecule has 0 spiro atoms. The van der Waals surface area contributed by atoms with Crippen LogP contribution in [-0.2, 0) is 0 Å². The highest BCUT2D eigenvalue weighted by atomic mass is 16.5. The maximum atomic E-state index is 12.1. The van der Waals surface area contributed by atoms with Crippen LogP contribution in [0.2, 0.25) is 0 Å². The summed E-state index contributed by atoms with van der Waals surface area (Å²) in [7, 11) is 1.54. The van der Waals surface area contributed by atoms with Gasteiger partial charge >= 0.3 is 0 Å². The summed E-state index contributed by atoms with van der Waals surface area (Å²) in [5, 5.41) is 14.1. The van der Waals surface area contributed by atoms with Crippen molar-refractivity contribution in [2.45, 2.75) is 26.2 Å². The van der Waals surface area contributed by atoms with Crippen LogP contribution in [0, 0.1) is 6.92 Å². The molecule has 110 valence electrons. The van der Waals surface area contributed by atoms with E-state index in [2.05, 4.69) is 10.5 Å². The summed E-state index contributed by atoms with van der Waals surface area (Å²) in [5.41, 5.74) is 6.89. The lowest BCUT2D eigenvalue weighted by Gasteiger charge is -2.10. The highest BCUT2D eigenvalue weighted by Gasteiger charge is 2.11. The molecule has 1 rings (SSSR count). The first-order valence-corrected chi connectivity index (χ1v) is 6.47. The fourth-order valence-corrected chi connectivity index (χ4v) is 1.78. The van der Waals surface area contributed by atoms with Gasteiger partial charge in [-0.05, 0) is 31.9 Å². The van der Waals surface area contributed by atoms with Gasteiger partial charge in [-0.25, -0.2) is 0 Å². The van der Waals surface area contributed by atoms with Gasteiger partial charge in [-0.3, -0.25) is 4.79 Å². The van der Waals surface area contributed by atoms with E-state index in [1.54, 1.807) is 19.2 Å².